The molecule has 25 heavy (non-hydrogen) atoms. The van der Waals surface area contributed by atoms with Gasteiger partial charge in [-0.3, -0.25) is 14.8 Å². The van der Waals surface area contributed by atoms with Gasteiger partial charge in [-0.05, 0) is 18.2 Å². The Kier molecular flexibility index (Phi) is 3.42. The Morgan fingerprint density at radius 3 is 2.92 bits per heavy atom. The van der Waals surface area contributed by atoms with Gasteiger partial charge in [-0.1, -0.05) is 0 Å². The third kappa shape index (κ3) is 2.69. The quantitative estimate of drug-likeness (QED) is 0.434. The second-order valence-electron chi connectivity index (χ2n) is 5.23. The highest BCUT2D eigenvalue weighted by Crippen LogP contribution is 2.28. The molecule has 0 unspecified atom stereocenters. The van der Waals surface area contributed by atoms with Crippen molar-refractivity contribution in [2.75, 3.05) is 5.32 Å². The van der Waals surface area contributed by atoms with Crippen molar-refractivity contribution in [3.63, 3.8) is 0 Å². The van der Waals surface area contributed by atoms with Crippen LogP contribution in [0.2, 0.25) is 0 Å². The summed E-state index contributed by atoms with van der Waals surface area (Å²) < 4.78 is 12.1. The van der Waals surface area contributed by atoms with Gasteiger partial charge in [0.1, 0.15) is 16.5 Å². The molecule has 10 nitrogen and oxygen atoms in total. The molecule has 0 amide bonds. The van der Waals surface area contributed by atoms with Gasteiger partial charge in [0.15, 0.2) is 17.2 Å². The zero-order valence-electron chi connectivity index (χ0n) is 13.0. The lowest BCUT2D eigenvalue weighted by Gasteiger charge is -2.07. The molecule has 0 aliphatic carbocycles. The van der Waals surface area contributed by atoms with E-state index in [1.54, 1.807) is 30.3 Å². The van der Waals surface area contributed by atoms with Crippen molar-refractivity contribution < 1.29 is 13.8 Å². The van der Waals surface area contributed by atoms with E-state index < -0.39 is 4.92 Å². The zero-order valence-corrected chi connectivity index (χ0v) is 13.0. The highest BCUT2D eigenvalue weighted by molar-refractivity contribution is 5.87. The Morgan fingerprint density at radius 1 is 1.32 bits per heavy atom. The van der Waals surface area contributed by atoms with Gasteiger partial charge in [0, 0.05) is 7.05 Å². The molecule has 0 bridgehead atoms. The van der Waals surface area contributed by atoms with Gasteiger partial charge in [0.25, 0.3) is 0 Å². The van der Waals surface area contributed by atoms with Gasteiger partial charge >= 0.3 is 5.88 Å². The molecular weight excluding hydrogens is 328 g/mol. The fourth-order valence-corrected chi connectivity index (χ4v) is 2.40. The first-order valence-corrected chi connectivity index (χ1v) is 7.32. The van der Waals surface area contributed by atoms with Gasteiger partial charge in [-0.2, -0.15) is 5.10 Å². The first kappa shape index (κ1) is 14.9. The van der Waals surface area contributed by atoms with E-state index in [1.165, 1.54) is 12.1 Å². The number of aryl methyl sites for hydroxylation is 1. The van der Waals surface area contributed by atoms with Crippen molar-refractivity contribution in [3.8, 4) is 11.6 Å². The number of furan rings is 2. The van der Waals surface area contributed by atoms with E-state index in [-0.39, 0.29) is 17.5 Å². The minimum Gasteiger partial charge on any atom is -0.467 e. The van der Waals surface area contributed by atoms with E-state index in [1.807, 2.05) is 6.07 Å². The maximum Gasteiger partial charge on any atom is 0.433 e. The molecule has 0 saturated heterocycles. The van der Waals surface area contributed by atoms with Gasteiger partial charge in [-0.15, -0.1) is 0 Å². The minimum absolute atomic E-state index is 0.204. The average molecular weight is 340 g/mol. The van der Waals surface area contributed by atoms with Crippen LogP contribution in [-0.2, 0) is 13.6 Å². The van der Waals surface area contributed by atoms with E-state index in [4.69, 9.17) is 8.83 Å². The lowest BCUT2D eigenvalue weighted by Crippen LogP contribution is -2.04. The molecule has 0 radical (unpaired) electrons. The summed E-state index contributed by atoms with van der Waals surface area (Å²) in [5.41, 5.74) is 0.575. The maximum atomic E-state index is 10.8. The highest BCUT2D eigenvalue weighted by atomic mass is 16.6. The SMILES string of the molecule is Cn1ncc2c(NCc3ccco3)nc(-c3ccc([N+](=O)[O-])o3)nc21. The summed E-state index contributed by atoms with van der Waals surface area (Å²) in [7, 11) is 1.75. The summed E-state index contributed by atoms with van der Waals surface area (Å²) in [5.74, 6) is 1.34. The van der Waals surface area contributed by atoms with Gasteiger partial charge in [0.05, 0.1) is 30.5 Å². The van der Waals surface area contributed by atoms with Crippen molar-refractivity contribution in [2.45, 2.75) is 6.54 Å². The normalized spacial score (nSPS) is 11.1. The molecule has 0 atom stereocenters. The third-order valence-corrected chi connectivity index (χ3v) is 3.59. The Morgan fingerprint density at radius 2 is 2.20 bits per heavy atom. The second-order valence-corrected chi connectivity index (χ2v) is 5.23. The van der Waals surface area contributed by atoms with Crippen LogP contribution in [0.25, 0.3) is 22.6 Å². The number of nitrogens with zero attached hydrogens (tertiary/aromatic N) is 5. The van der Waals surface area contributed by atoms with E-state index in [0.29, 0.717) is 18.0 Å². The maximum absolute atomic E-state index is 10.8. The Balaban J connectivity index is 1.76. The first-order valence-electron chi connectivity index (χ1n) is 7.32. The largest absolute Gasteiger partial charge is 0.467 e. The molecule has 4 aromatic rings. The lowest BCUT2D eigenvalue weighted by molar-refractivity contribution is -0.401. The van der Waals surface area contributed by atoms with Gasteiger partial charge < -0.3 is 14.2 Å². The summed E-state index contributed by atoms with van der Waals surface area (Å²) in [4.78, 5) is 19.0. The molecule has 0 fully saturated rings. The molecule has 0 spiro atoms. The Labute approximate surface area is 140 Å². The van der Waals surface area contributed by atoms with Crippen molar-refractivity contribution >= 4 is 22.7 Å². The fraction of sp³-hybridized carbons (Fsp3) is 0.133. The standard InChI is InChI=1S/C15H12N6O4/c1-20-15-10(8-17-20)13(16-7-9-3-2-6-24-9)18-14(19-15)11-4-5-12(25-11)21(22)23/h2-6,8H,7H2,1H3,(H,16,18,19). The fourth-order valence-electron chi connectivity index (χ4n) is 2.40. The summed E-state index contributed by atoms with van der Waals surface area (Å²) in [5, 5.41) is 18.9. The Bertz CT molecular complexity index is 1050. The molecule has 0 aliphatic heterocycles. The molecular formula is C15H12N6O4. The van der Waals surface area contributed by atoms with Crippen LogP contribution in [0.15, 0.2) is 45.6 Å². The molecule has 0 saturated carbocycles. The molecule has 0 aromatic carbocycles. The van der Waals surface area contributed by atoms with Crippen LogP contribution in [0.4, 0.5) is 11.7 Å². The van der Waals surface area contributed by atoms with E-state index >= 15 is 0 Å². The second kappa shape index (κ2) is 5.74. The number of anilines is 1. The molecule has 10 heteroatoms. The van der Waals surface area contributed by atoms with Crippen LogP contribution in [0.3, 0.4) is 0 Å². The lowest BCUT2D eigenvalue weighted by atomic mass is 10.3. The van der Waals surface area contributed by atoms with E-state index in [9.17, 15) is 10.1 Å². The van der Waals surface area contributed by atoms with Crippen LogP contribution < -0.4 is 5.32 Å². The van der Waals surface area contributed by atoms with Crippen LogP contribution in [0.5, 0.6) is 0 Å². The number of aromatic nitrogens is 4. The van der Waals surface area contributed by atoms with Crippen molar-refractivity contribution in [2.24, 2.45) is 7.05 Å². The smallest absolute Gasteiger partial charge is 0.433 e. The molecule has 1 N–H and O–H groups in total. The van der Waals surface area contributed by atoms with Crippen LogP contribution in [0.1, 0.15) is 5.76 Å². The van der Waals surface area contributed by atoms with Crippen molar-refractivity contribution in [1.29, 1.82) is 0 Å². The summed E-state index contributed by atoms with van der Waals surface area (Å²) in [6.07, 6.45) is 3.23. The first-order chi connectivity index (χ1) is 12.1. The molecule has 126 valence electrons. The van der Waals surface area contributed by atoms with Crippen molar-refractivity contribution in [1.82, 2.24) is 19.7 Å². The van der Waals surface area contributed by atoms with Crippen LogP contribution in [0, 0.1) is 10.1 Å². The predicted octanol–water partition coefficient (Wildman–Crippen LogP) is 2.74. The van der Waals surface area contributed by atoms with Crippen molar-refractivity contribution in [3.05, 3.63) is 52.6 Å². The monoisotopic (exact) mass is 340 g/mol. The van der Waals surface area contributed by atoms with Crippen LogP contribution >= 0.6 is 0 Å². The number of hydrogen-bond donors (Lipinski definition) is 1. The van der Waals surface area contributed by atoms with Crippen LogP contribution in [-0.4, -0.2) is 24.7 Å². The molecule has 4 heterocycles. The number of rotatable bonds is 5. The zero-order chi connectivity index (χ0) is 17.4. The Hall–Kier alpha value is -3.69. The number of hydrogen-bond acceptors (Lipinski definition) is 8. The third-order valence-electron chi connectivity index (χ3n) is 3.59. The number of fused-ring (bicyclic) bond motifs is 1. The molecule has 4 rings (SSSR count). The van der Waals surface area contributed by atoms with Gasteiger partial charge in [0.2, 0.25) is 0 Å². The summed E-state index contributed by atoms with van der Waals surface area (Å²) in [6, 6.07) is 6.36. The number of nitro groups is 1. The highest BCUT2D eigenvalue weighted by Gasteiger charge is 2.18. The average Bonchev–Trinajstić information content (AvgIpc) is 3.34. The molecule has 0 aliphatic rings. The summed E-state index contributed by atoms with van der Waals surface area (Å²) >= 11 is 0. The molecule has 4 aromatic heterocycles. The number of nitrogens with one attached hydrogen (secondary N) is 1. The summed E-state index contributed by atoms with van der Waals surface area (Å²) in [6.45, 7) is 0.422. The predicted molar refractivity (Wildman–Crippen MR) is 86.7 cm³/mol. The van der Waals surface area contributed by atoms with E-state index in [0.717, 1.165) is 11.1 Å². The van der Waals surface area contributed by atoms with Gasteiger partial charge in [-0.25, -0.2) is 9.97 Å². The van der Waals surface area contributed by atoms with E-state index in [2.05, 4.69) is 20.4 Å². The minimum atomic E-state index is -0.609. The topological polar surface area (TPSA) is 125 Å².